The van der Waals surface area contributed by atoms with Crippen LogP contribution in [0.4, 0.5) is 0 Å². The van der Waals surface area contributed by atoms with Gasteiger partial charge in [0.05, 0.1) is 0 Å². The molecule has 0 atom stereocenters. The van der Waals surface area contributed by atoms with E-state index >= 15 is 0 Å². The van der Waals surface area contributed by atoms with Crippen LogP contribution >= 0.6 is 12.4 Å². The Hall–Kier alpha value is 4.17. The first kappa shape index (κ1) is 36.5. The first-order chi connectivity index (χ1) is 4.91. The standard InChI is InChI=1S/C7H19N3.ClH.4Na.4H/c8-4-1-2-6-10-7-3-5-9;;;;;;;;;/h10H,1-9H2;1H;;;;;;;;/q;;4*+1;4*-1. The zero-order chi connectivity index (χ0) is 7.66. The third kappa shape index (κ3) is 38.1. The van der Waals surface area contributed by atoms with Crippen molar-refractivity contribution in [3.05, 3.63) is 0 Å². The maximum absolute atomic E-state index is 5.32. The maximum Gasteiger partial charge on any atom is 1.00 e. The summed E-state index contributed by atoms with van der Waals surface area (Å²) in [5.74, 6) is 0. The van der Waals surface area contributed by atoms with E-state index in [2.05, 4.69) is 5.32 Å². The van der Waals surface area contributed by atoms with E-state index in [0.29, 0.717) is 0 Å². The molecule has 0 saturated heterocycles. The van der Waals surface area contributed by atoms with Gasteiger partial charge >= 0.3 is 118 Å². The molecule has 0 aliphatic rings. The first-order valence-corrected chi connectivity index (χ1v) is 4.02. The third-order valence-corrected chi connectivity index (χ3v) is 1.37. The first-order valence-electron chi connectivity index (χ1n) is 4.02. The fraction of sp³-hybridized carbons (Fsp3) is 1.00. The van der Waals surface area contributed by atoms with Gasteiger partial charge in [0.25, 0.3) is 0 Å². The van der Waals surface area contributed by atoms with Crippen LogP contribution in [0, 0.1) is 0 Å². The Morgan fingerprint density at radius 2 is 1.13 bits per heavy atom. The van der Waals surface area contributed by atoms with Gasteiger partial charge in [-0.05, 0) is 45.4 Å². The molecule has 0 bridgehead atoms. The molecule has 0 aliphatic heterocycles. The van der Waals surface area contributed by atoms with Crippen molar-refractivity contribution in [2.45, 2.75) is 19.3 Å². The molecule has 78 valence electrons. The molecule has 0 aromatic rings. The quantitative estimate of drug-likeness (QED) is 0.320. The van der Waals surface area contributed by atoms with E-state index in [0.717, 1.165) is 39.0 Å². The summed E-state index contributed by atoms with van der Waals surface area (Å²) in [5, 5.41) is 3.29. The minimum absolute atomic E-state index is 0. The molecule has 0 rings (SSSR count). The zero-order valence-corrected chi connectivity index (χ0v) is 19.8. The normalized spacial score (nSPS) is 6.80. The second-order valence-electron chi connectivity index (χ2n) is 2.39. The number of hydrogen-bond acceptors (Lipinski definition) is 3. The van der Waals surface area contributed by atoms with E-state index in [4.69, 9.17) is 11.5 Å². The van der Waals surface area contributed by atoms with Crippen LogP contribution in [0.5, 0.6) is 0 Å². The van der Waals surface area contributed by atoms with Gasteiger partial charge in [-0.1, -0.05) is 0 Å². The molecule has 0 aromatic carbocycles. The minimum atomic E-state index is 0. The molecule has 0 spiro atoms. The van der Waals surface area contributed by atoms with Gasteiger partial charge in [0.2, 0.25) is 0 Å². The van der Waals surface area contributed by atoms with E-state index in [1.165, 1.54) is 6.42 Å². The van der Waals surface area contributed by atoms with Crippen molar-refractivity contribution in [3.8, 4) is 0 Å². The van der Waals surface area contributed by atoms with Gasteiger partial charge < -0.3 is 22.5 Å². The molecule has 0 amide bonds. The molecule has 0 heterocycles. The summed E-state index contributed by atoms with van der Waals surface area (Å²) in [5.41, 5.74) is 10.6. The largest absolute Gasteiger partial charge is 1.00 e. The molecule has 0 aromatic heterocycles. The molecular weight excluding hydrogens is 254 g/mol. The summed E-state index contributed by atoms with van der Waals surface area (Å²) in [6.45, 7) is 3.71. The van der Waals surface area contributed by atoms with E-state index in [9.17, 15) is 0 Å². The minimum Gasteiger partial charge on any atom is -1.00 e. The predicted molar refractivity (Wildman–Crippen MR) is 56.5 cm³/mol. The van der Waals surface area contributed by atoms with Crippen molar-refractivity contribution in [2.75, 3.05) is 26.2 Å². The monoisotopic (exact) mass is 277 g/mol. The van der Waals surface area contributed by atoms with Gasteiger partial charge in [-0.3, -0.25) is 0 Å². The Labute approximate surface area is 195 Å². The van der Waals surface area contributed by atoms with Gasteiger partial charge in [0.1, 0.15) is 0 Å². The number of nitrogens with two attached hydrogens (primary N) is 2. The number of hydrogen-bond donors (Lipinski definition) is 3. The number of halogens is 1. The van der Waals surface area contributed by atoms with Crippen LogP contribution in [-0.4, -0.2) is 26.2 Å². The van der Waals surface area contributed by atoms with Crippen LogP contribution in [0.3, 0.4) is 0 Å². The van der Waals surface area contributed by atoms with E-state index in [-0.39, 0.29) is 136 Å². The number of nitrogens with one attached hydrogen (secondary N) is 1. The van der Waals surface area contributed by atoms with Crippen LogP contribution in [0.15, 0.2) is 0 Å². The summed E-state index contributed by atoms with van der Waals surface area (Å²) in [4.78, 5) is 0. The zero-order valence-electron chi connectivity index (χ0n) is 15.0. The predicted octanol–water partition coefficient (Wildman–Crippen LogP) is -11.4. The molecule has 15 heavy (non-hydrogen) atoms. The number of rotatable bonds is 7. The van der Waals surface area contributed by atoms with Gasteiger partial charge in [0.15, 0.2) is 0 Å². The van der Waals surface area contributed by atoms with Crippen molar-refractivity contribution in [1.82, 2.24) is 5.32 Å². The van der Waals surface area contributed by atoms with Crippen molar-refractivity contribution in [3.63, 3.8) is 0 Å². The second kappa shape index (κ2) is 36.2. The fourth-order valence-corrected chi connectivity index (χ4v) is 0.746. The van der Waals surface area contributed by atoms with Gasteiger partial charge in [-0.25, -0.2) is 0 Å². The van der Waals surface area contributed by atoms with Crippen LogP contribution in [0.25, 0.3) is 0 Å². The molecule has 3 nitrogen and oxygen atoms in total. The van der Waals surface area contributed by atoms with Crippen LogP contribution in [-0.2, 0) is 0 Å². The van der Waals surface area contributed by atoms with Gasteiger partial charge in [-0.15, -0.1) is 12.4 Å². The van der Waals surface area contributed by atoms with Crippen molar-refractivity contribution < 1.29 is 124 Å². The Morgan fingerprint density at radius 1 is 0.733 bits per heavy atom. The fourth-order valence-electron chi connectivity index (χ4n) is 0.746. The second-order valence-corrected chi connectivity index (χ2v) is 2.39. The molecule has 5 N–H and O–H groups in total. The molecule has 0 fully saturated rings. The smallest absolute Gasteiger partial charge is 1.00 e. The van der Waals surface area contributed by atoms with E-state index in [1.807, 2.05) is 0 Å². The summed E-state index contributed by atoms with van der Waals surface area (Å²) >= 11 is 0. The van der Waals surface area contributed by atoms with E-state index < -0.39 is 0 Å². The Kier molecular flexibility index (Phi) is 88.0. The van der Waals surface area contributed by atoms with Crippen molar-refractivity contribution in [2.24, 2.45) is 11.5 Å². The van der Waals surface area contributed by atoms with Crippen molar-refractivity contribution in [1.29, 1.82) is 0 Å². The van der Waals surface area contributed by atoms with Crippen LogP contribution in [0.1, 0.15) is 25.0 Å². The Balaban J connectivity index is -0.0000000112. The van der Waals surface area contributed by atoms with Crippen molar-refractivity contribution >= 4 is 12.4 Å². The number of unbranched alkanes of at least 4 members (excludes halogenated alkanes) is 1. The average Bonchev–Trinajstić information content (AvgIpc) is 1.97. The Morgan fingerprint density at radius 3 is 1.53 bits per heavy atom. The van der Waals surface area contributed by atoms with E-state index in [1.54, 1.807) is 0 Å². The maximum atomic E-state index is 5.32. The molecule has 8 heteroatoms. The summed E-state index contributed by atoms with van der Waals surface area (Å²) in [6.07, 6.45) is 3.37. The summed E-state index contributed by atoms with van der Waals surface area (Å²) in [6, 6.07) is 0. The summed E-state index contributed by atoms with van der Waals surface area (Å²) < 4.78 is 0. The average molecular weight is 278 g/mol. The topological polar surface area (TPSA) is 64.1 Å². The SMILES string of the molecule is Cl.NCCCCNCCCN.[H-].[H-].[H-].[H-].[Na+].[Na+].[Na+].[Na+]. The van der Waals surface area contributed by atoms with Gasteiger partial charge in [0, 0.05) is 0 Å². The van der Waals surface area contributed by atoms with Crippen LogP contribution in [0.2, 0.25) is 0 Å². The summed E-state index contributed by atoms with van der Waals surface area (Å²) in [7, 11) is 0. The third-order valence-electron chi connectivity index (χ3n) is 1.37. The van der Waals surface area contributed by atoms with Crippen LogP contribution < -0.4 is 135 Å². The molecule has 0 radical (unpaired) electrons. The molecule has 0 unspecified atom stereocenters. The van der Waals surface area contributed by atoms with Gasteiger partial charge in [-0.2, -0.15) is 0 Å². The molecular formula is C7H24ClN3Na4. The molecule has 0 aliphatic carbocycles. The Bertz CT molecular complexity index is 80.3. The molecule has 0 saturated carbocycles.